The first-order valence-electron chi connectivity index (χ1n) is 6.98. The molecule has 0 bridgehead atoms. The number of ether oxygens (including phenoxy) is 2. The average molecular weight is 273 g/mol. The maximum Gasteiger partial charge on any atom is 0.314 e. The van der Waals surface area contributed by atoms with Crippen molar-refractivity contribution in [2.24, 2.45) is 5.92 Å². The van der Waals surface area contributed by atoms with Gasteiger partial charge in [0, 0.05) is 33.9 Å². The minimum Gasteiger partial charge on any atom is -0.383 e. The second-order valence-electron chi connectivity index (χ2n) is 4.91. The third kappa shape index (κ3) is 7.34. The van der Waals surface area contributed by atoms with Gasteiger partial charge in [0.2, 0.25) is 0 Å². The molecule has 0 radical (unpaired) electrons. The van der Waals surface area contributed by atoms with E-state index >= 15 is 0 Å². The molecule has 1 aliphatic heterocycles. The van der Waals surface area contributed by atoms with E-state index in [1.54, 1.807) is 14.2 Å². The Morgan fingerprint density at radius 1 is 1.16 bits per heavy atom. The van der Waals surface area contributed by atoms with Gasteiger partial charge in [0.1, 0.15) is 0 Å². The van der Waals surface area contributed by atoms with Gasteiger partial charge in [0.25, 0.3) is 0 Å². The summed E-state index contributed by atoms with van der Waals surface area (Å²) in [5, 5.41) is 5.68. The van der Waals surface area contributed by atoms with E-state index in [1.807, 2.05) is 0 Å². The molecule has 0 aromatic rings. The van der Waals surface area contributed by atoms with E-state index in [2.05, 4.69) is 15.5 Å². The zero-order valence-electron chi connectivity index (χ0n) is 12.1. The third-order valence-electron chi connectivity index (χ3n) is 3.46. The van der Waals surface area contributed by atoms with Crippen molar-refractivity contribution in [1.82, 2.24) is 15.5 Å². The Balaban J connectivity index is 2.04. The van der Waals surface area contributed by atoms with Crippen molar-refractivity contribution in [3.63, 3.8) is 0 Å². The van der Waals surface area contributed by atoms with E-state index in [-0.39, 0.29) is 6.03 Å². The van der Waals surface area contributed by atoms with E-state index in [0.29, 0.717) is 19.1 Å². The molecule has 1 saturated heterocycles. The summed E-state index contributed by atoms with van der Waals surface area (Å²) in [6, 6.07) is -0.0983. The number of nitrogens with zero attached hydrogens (tertiary/aromatic N) is 1. The maximum absolute atomic E-state index is 11.5. The number of hydrogen-bond donors (Lipinski definition) is 2. The Morgan fingerprint density at radius 3 is 2.47 bits per heavy atom. The molecule has 0 aliphatic carbocycles. The molecule has 0 spiro atoms. The topological polar surface area (TPSA) is 62.8 Å². The van der Waals surface area contributed by atoms with E-state index in [9.17, 15) is 4.79 Å². The second-order valence-corrected chi connectivity index (χ2v) is 4.91. The molecule has 6 heteroatoms. The largest absolute Gasteiger partial charge is 0.383 e. The molecule has 0 aromatic heterocycles. The van der Waals surface area contributed by atoms with Gasteiger partial charge in [-0.25, -0.2) is 4.79 Å². The van der Waals surface area contributed by atoms with E-state index < -0.39 is 0 Å². The molecule has 6 nitrogen and oxygen atoms in total. The Morgan fingerprint density at radius 2 is 1.84 bits per heavy atom. The number of carbonyl (C=O) groups is 1. The molecule has 0 saturated carbocycles. The van der Waals surface area contributed by atoms with Crippen molar-refractivity contribution in [3.05, 3.63) is 0 Å². The lowest BCUT2D eigenvalue weighted by molar-refractivity contribution is 0.120. The van der Waals surface area contributed by atoms with Crippen LogP contribution in [0.4, 0.5) is 4.79 Å². The first-order chi connectivity index (χ1) is 9.26. The summed E-state index contributed by atoms with van der Waals surface area (Å²) in [7, 11) is 3.36. The smallest absolute Gasteiger partial charge is 0.314 e. The van der Waals surface area contributed by atoms with Crippen molar-refractivity contribution >= 4 is 6.03 Å². The third-order valence-corrected chi connectivity index (χ3v) is 3.46. The summed E-state index contributed by atoms with van der Waals surface area (Å²) in [5.74, 6) is 0.590. The van der Waals surface area contributed by atoms with Crippen LogP contribution in [0.5, 0.6) is 0 Å². The number of carbonyl (C=O) groups excluding carboxylic acids is 1. The molecule has 1 heterocycles. The number of likely N-dealkylation sites (tertiary alicyclic amines) is 1. The summed E-state index contributed by atoms with van der Waals surface area (Å²) in [6.07, 6.45) is 2.28. The molecule has 19 heavy (non-hydrogen) atoms. The molecular weight excluding hydrogens is 246 g/mol. The summed E-state index contributed by atoms with van der Waals surface area (Å²) >= 11 is 0. The zero-order valence-corrected chi connectivity index (χ0v) is 12.1. The molecule has 0 aromatic carbocycles. The molecule has 0 unspecified atom stereocenters. The number of nitrogens with one attached hydrogen (secondary N) is 2. The number of amides is 2. The van der Waals surface area contributed by atoms with Crippen LogP contribution >= 0.6 is 0 Å². The Hall–Kier alpha value is -0.850. The quantitative estimate of drug-likeness (QED) is 0.624. The summed E-state index contributed by atoms with van der Waals surface area (Å²) in [5.41, 5.74) is 0. The number of piperidine rings is 1. The second kappa shape index (κ2) is 10.00. The van der Waals surface area contributed by atoms with Crippen LogP contribution in [0, 0.1) is 5.92 Å². The standard InChI is InChI=1S/C13H27N3O3/c1-18-9-5-14-13(17)15-11-12-3-6-16(7-4-12)8-10-19-2/h12H,3-11H2,1-2H3,(H2,14,15,17). The Labute approximate surface area is 115 Å². The highest BCUT2D eigenvalue weighted by Crippen LogP contribution is 2.15. The van der Waals surface area contributed by atoms with Crippen molar-refractivity contribution < 1.29 is 14.3 Å². The van der Waals surface area contributed by atoms with Crippen LogP contribution in [0.2, 0.25) is 0 Å². The van der Waals surface area contributed by atoms with Gasteiger partial charge in [-0.1, -0.05) is 0 Å². The van der Waals surface area contributed by atoms with Crippen LogP contribution in [0.3, 0.4) is 0 Å². The highest BCUT2D eigenvalue weighted by Gasteiger charge is 2.19. The maximum atomic E-state index is 11.5. The molecule has 2 N–H and O–H groups in total. The number of urea groups is 1. The van der Waals surface area contributed by atoms with E-state index in [1.165, 1.54) is 0 Å². The minimum absolute atomic E-state index is 0.0983. The fourth-order valence-electron chi connectivity index (χ4n) is 2.20. The predicted molar refractivity (Wildman–Crippen MR) is 74.3 cm³/mol. The Kier molecular flexibility index (Phi) is 8.53. The molecule has 112 valence electrons. The van der Waals surface area contributed by atoms with Crippen LogP contribution in [-0.4, -0.2) is 71.1 Å². The predicted octanol–water partition coefficient (Wildman–Crippen LogP) is 0.290. The molecule has 1 rings (SSSR count). The minimum atomic E-state index is -0.0983. The van der Waals surface area contributed by atoms with Crippen LogP contribution in [-0.2, 0) is 9.47 Å². The SMILES string of the molecule is COCCNC(=O)NCC1CCN(CCOC)CC1. The normalized spacial score (nSPS) is 17.4. The summed E-state index contributed by atoms with van der Waals surface area (Å²) in [6.45, 7) is 5.86. The first-order valence-corrected chi connectivity index (χ1v) is 6.98. The summed E-state index contributed by atoms with van der Waals surface area (Å²) < 4.78 is 9.95. The number of hydrogen-bond acceptors (Lipinski definition) is 4. The summed E-state index contributed by atoms with van der Waals surface area (Å²) in [4.78, 5) is 13.9. The lowest BCUT2D eigenvalue weighted by Gasteiger charge is -2.31. The lowest BCUT2D eigenvalue weighted by Crippen LogP contribution is -2.43. The Bertz CT molecular complexity index is 243. The number of methoxy groups -OCH3 is 2. The van der Waals surface area contributed by atoms with Crippen LogP contribution in [0.15, 0.2) is 0 Å². The van der Waals surface area contributed by atoms with E-state index in [4.69, 9.17) is 9.47 Å². The van der Waals surface area contributed by atoms with Gasteiger partial charge in [0.15, 0.2) is 0 Å². The highest BCUT2D eigenvalue weighted by atomic mass is 16.5. The van der Waals surface area contributed by atoms with Crippen LogP contribution < -0.4 is 10.6 Å². The molecular formula is C13H27N3O3. The van der Waals surface area contributed by atoms with Gasteiger partial charge in [-0.2, -0.15) is 0 Å². The van der Waals surface area contributed by atoms with Gasteiger partial charge in [-0.15, -0.1) is 0 Å². The van der Waals surface area contributed by atoms with Gasteiger partial charge in [0.05, 0.1) is 13.2 Å². The van der Waals surface area contributed by atoms with Crippen LogP contribution in [0.25, 0.3) is 0 Å². The van der Waals surface area contributed by atoms with Crippen molar-refractivity contribution in [3.8, 4) is 0 Å². The molecule has 1 fully saturated rings. The lowest BCUT2D eigenvalue weighted by atomic mass is 9.97. The monoisotopic (exact) mass is 273 g/mol. The van der Waals surface area contributed by atoms with Crippen molar-refractivity contribution in [2.45, 2.75) is 12.8 Å². The van der Waals surface area contributed by atoms with Gasteiger partial charge < -0.3 is 25.0 Å². The molecule has 2 amide bonds. The van der Waals surface area contributed by atoms with Crippen molar-refractivity contribution in [1.29, 1.82) is 0 Å². The van der Waals surface area contributed by atoms with E-state index in [0.717, 1.165) is 45.6 Å². The fourth-order valence-corrected chi connectivity index (χ4v) is 2.20. The number of rotatable bonds is 8. The van der Waals surface area contributed by atoms with Gasteiger partial charge in [-0.05, 0) is 31.8 Å². The zero-order chi connectivity index (χ0) is 13.9. The molecule has 0 atom stereocenters. The van der Waals surface area contributed by atoms with Gasteiger partial charge in [-0.3, -0.25) is 0 Å². The highest BCUT2D eigenvalue weighted by molar-refractivity contribution is 5.73. The van der Waals surface area contributed by atoms with Gasteiger partial charge >= 0.3 is 6.03 Å². The van der Waals surface area contributed by atoms with Crippen molar-refractivity contribution in [2.75, 3.05) is 60.2 Å². The van der Waals surface area contributed by atoms with Crippen LogP contribution in [0.1, 0.15) is 12.8 Å². The fraction of sp³-hybridized carbons (Fsp3) is 0.923. The first kappa shape index (κ1) is 16.2. The average Bonchev–Trinajstić information content (AvgIpc) is 2.44. The molecule has 1 aliphatic rings.